The van der Waals surface area contributed by atoms with Crippen LogP contribution in [0, 0.1) is 0 Å². The molecule has 0 aliphatic rings. The first kappa shape index (κ1) is 13.2. The molecule has 0 aromatic rings. The van der Waals surface area contributed by atoms with Crippen LogP contribution in [0.1, 0.15) is 26.7 Å². The summed E-state index contributed by atoms with van der Waals surface area (Å²) in [5.41, 5.74) is 2.54. The van der Waals surface area contributed by atoms with Crippen molar-refractivity contribution in [2.24, 2.45) is 10.8 Å². The Morgan fingerprint density at radius 2 is 2.21 bits per heavy atom. The van der Waals surface area contributed by atoms with Crippen LogP contribution in [-0.2, 0) is 4.74 Å². The summed E-state index contributed by atoms with van der Waals surface area (Å²) in [5.74, 6) is 5.96. The van der Waals surface area contributed by atoms with Crippen molar-refractivity contribution in [3.05, 3.63) is 0 Å². The zero-order valence-corrected chi connectivity index (χ0v) is 9.34. The summed E-state index contributed by atoms with van der Waals surface area (Å²) in [6.07, 6.45) is 1.98. The number of nitrogens with zero attached hydrogens (tertiary/aromatic N) is 1. The summed E-state index contributed by atoms with van der Waals surface area (Å²) in [6, 6.07) is 0.256. The Bertz CT molecular complexity index is 161. The Hall–Kier alpha value is -0.810. The number of aliphatic imine (C=N–C) groups is 1. The largest absolute Gasteiger partial charge is 0.383 e. The fraction of sp³-hybridized carbons (Fsp3) is 0.889. The van der Waals surface area contributed by atoms with Gasteiger partial charge in [-0.3, -0.25) is 10.4 Å². The zero-order valence-electron chi connectivity index (χ0n) is 9.34. The maximum atomic E-state index is 5.33. The Morgan fingerprint density at radius 1 is 1.50 bits per heavy atom. The van der Waals surface area contributed by atoms with Crippen LogP contribution >= 0.6 is 0 Å². The summed E-state index contributed by atoms with van der Waals surface area (Å²) in [5, 5.41) is 3.18. The Balaban J connectivity index is 3.99. The molecule has 0 amide bonds. The van der Waals surface area contributed by atoms with E-state index in [-0.39, 0.29) is 6.04 Å². The van der Waals surface area contributed by atoms with Crippen LogP contribution in [0.25, 0.3) is 0 Å². The molecule has 84 valence electrons. The van der Waals surface area contributed by atoms with E-state index in [9.17, 15) is 0 Å². The van der Waals surface area contributed by atoms with Crippen LogP contribution in [0.4, 0.5) is 0 Å². The van der Waals surface area contributed by atoms with Crippen molar-refractivity contribution >= 4 is 5.96 Å². The first-order valence-corrected chi connectivity index (χ1v) is 5.04. The van der Waals surface area contributed by atoms with E-state index in [4.69, 9.17) is 10.6 Å². The van der Waals surface area contributed by atoms with Crippen LogP contribution < -0.4 is 16.6 Å². The van der Waals surface area contributed by atoms with Crippen LogP contribution in [0.2, 0.25) is 0 Å². The normalized spacial score (nSPS) is 13.9. The summed E-state index contributed by atoms with van der Waals surface area (Å²) in [6.45, 7) is 5.59. The van der Waals surface area contributed by atoms with E-state index in [0.717, 1.165) is 19.4 Å². The minimum atomic E-state index is 0.256. The summed E-state index contributed by atoms with van der Waals surface area (Å²) in [7, 11) is 1.68. The van der Waals surface area contributed by atoms with Crippen molar-refractivity contribution in [1.82, 2.24) is 10.7 Å². The number of hydrogen-bond acceptors (Lipinski definition) is 3. The molecule has 0 aromatic heterocycles. The highest BCUT2D eigenvalue weighted by Crippen LogP contribution is 1.91. The minimum Gasteiger partial charge on any atom is -0.383 e. The quantitative estimate of drug-likeness (QED) is 0.249. The van der Waals surface area contributed by atoms with E-state index in [2.05, 4.69) is 29.6 Å². The predicted molar refractivity (Wildman–Crippen MR) is 59.0 cm³/mol. The fourth-order valence-electron chi connectivity index (χ4n) is 1.01. The van der Waals surface area contributed by atoms with Gasteiger partial charge in [-0.25, -0.2) is 5.84 Å². The average Bonchev–Trinajstić information content (AvgIpc) is 2.22. The lowest BCUT2D eigenvalue weighted by molar-refractivity contribution is 0.171. The van der Waals surface area contributed by atoms with Gasteiger partial charge in [0.05, 0.1) is 12.6 Å². The number of nitrogens with one attached hydrogen (secondary N) is 2. The van der Waals surface area contributed by atoms with E-state index in [1.54, 1.807) is 7.11 Å². The highest BCUT2D eigenvalue weighted by atomic mass is 16.5. The average molecular weight is 202 g/mol. The lowest BCUT2D eigenvalue weighted by Crippen LogP contribution is -2.47. The molecule has 1 unspecified atom stereocenters. The lowest BCUT2D eigenvalue weighted by Gasteiger charge is -2.18. The molecule has 4 N–H and O–H groups in total. The van der Waals surface area contributed by atoms with Gasteiger partial charge in [-0.15, -0.1) is 0 Å². The van der Waals surface area contributed by atoms with Gasteiger partial charge in [-0.05, 0) is 12.8 Å². The van der Waals surface area contributed by atoms with Gasteiger partial charge in [0.25, 0.3) is 0 Å². The molecule has 0 saturated carbocycles. The van der Waals surface area contributed by atoms with Crippen LogP contribution in [0.5, 0.6) is 0 Å². The van der Waals surface area contributed by atoms with Gasteiger partial charge >= 0.3 is 0 Å². The molecule has 1 atom stereocenters. The van der Waals surface area contributed by atoms with Gasteiger partial charge in [0.15, 0.2) is 0 Å². The molecule has 5 nitrogen and oxygen atoms in total. The van der Waals surface area contributed by atoms with Crippen molar-refractivity contribution < 1.29 is 4.74 Å². The maximum absolute atomic E-state index is 5.33. The maximum Gasteiger partial charge on any atom is 0.206 e. The van der Waals surface area contributed by atoms with Crippen LogP contribution in [0.3, 0.4) is 0 Å². The SMILES string of the molecule is CCCN=C(NN)NC(CC)COC. The molecule has 0 spiro atoms. The molecule has 0 aromatic carbocycles. The highest BCUT2D eigenvalue weighted by molar-refractivity contribution is 5.79. The second-order valence-corrected chi connectivity index (χ2v) is 3.08. The summed E-state index contributed by atoms with van der Waals surface area (Å²) in [4.78, 5) is 4.24. The molecule has 0 aliphatic heterocycles. The van der Waals surface area contributed by atoms with Crippen LogP contribution in [0.15, 0.2) is 4.99 Å². The molecule has 0 radical (unpaired) electrons. The van der Waals surface area contributed by atoms with Crippen molar-refractivity contribution in [1.29, 1.82) is 0 Å². The number of guanidine groups is 1. The molecule has 0 heterocycles. The highest BCUT2D eigenvalue weighted by Gasteiger charge is 2.06. The third-order valence-electron chi connectivity index (χ3n) is 1.83. The second-order valence-electron chi connectivity index (χ2n) is 3.08. The molecular formula is C9H22N4O. The van der Waals surface area contributed by atoms with Gasteiger partial charge in [-0.2, -0.15) is 0 Å². The molecule has 0 aliphatic carbocycles. The Labute approximate surface area is 86.1 Å². The first-order valence-electron chi connectivity index (χ1n) is 5.04. The number of hydrazine groups is 1. The molecule has 0 rings (SSSR count). The van der Waals surface area contributed by atoms with Gasteiger partial charge in [0, 0.05) is 13.7 Å². The van der Waals surface area contributed by atoms with Crippen molar-refractivity contribution in [3.8, 4) is 0 Å². The monoisotopic (exact) mass is 202 g/mol. The van der Waals surface area contributed by atoms with Gasteiger partial charge in [0.1, 0.15) is 0 Å². The van der Waals surface area contributed by atoms with Gasteiger partial charge in [0.2, 0.25) is 5.96 Å². The topological polar surface area (TPSA) is 71.7 Å². The number of ether oxygens (including phenoxy) is 1. The third kappa shape index (κ3) is 5.77. The zero-order chi connectivity index (χ0) is 10.8. The van der Waals surface area contributed by atoms with Crippen molar-refractivity contribution in [2.45, 2.75) is 32.7 Å². The van der Waals surface area contributed by atoms with Crippen molar-refractivity contribution in [2.75, 3.05) is 20.3 Å². The summed E-state index contributed by atoms with van der Waals surface area (Å²) >= 11 is 0. The fourth-order valence-corrected chi connectivity index (χ4v) is 1.01. The first-order chi connectivity index (χ1) is 6.78. The van der Waals surface area contributed by atoms with E-state index in [0.29, 0.717) is 12.6 Å². The van der Waals surface area contributed by atoms with E-state index < -0.39 is 0 Å². The van der Waals surface area contributed by atoms with Gasteiger partial charge in [-0.1, -0.05) is 13.8 Å². The molecule has 5 heteroatoms. The van der Waals surface area contributed by atoms with Gasteiger partial charge < -0.3 is 10.1 Å². The Morgan fingerprint density at radius 3 is 2.64 bits per heavy atom. The molecule has 0 fully saturated rings. The molecule has 0 saturated heterocycles. The second kappa shape index (κ2) is 8.77. The smallest absolute Gasteiger partial charge is 0.206 e. The number of hydrogen-bond donors (Lipinski definition) is 3. The lowest BCUT2D eigenvalue weighted by atomic mass is 10.2. The van der Waals surface area contributed by atoms with Crippen LogP contribution in [-0.4, -0.2) is 32.3 Å². The third-order valence-corrected chi connectivity index (χ3v) is 1.83. The molecular weight excluding hydrogens is 180 g/mol. The van der Waals surface area contributed by atoms with Crippen molar-refractivity contribution in [3.63, 3.8) is 0 Å². The standard InChI is InChI=1S/C9H22N4O/c1-4-6-11-9(13-10)12-8(5-2)7-14-3/h8H,4-7,10H2,1-3H3,(H2,11,12,13). The predicted octanol–water partition coefficient (Wildman–Crippen LogP) is 0.230. The Kier molecular flexibility index (Phi) is 8.27. The minimum absolute atomic E-state index is 0.256. The molecule has 14 heavy (non-hydrogen) atoms. The molecule has 0 bridgehead atoms. The number of rotatable bonds is 6. The van der Waals surface area contributed by atoms with E-state index in [1.807, 2.05) is 0 Å². The van der Waals surface area contributed by atoms with E-state index >= 15 is 0 Å². The number of nitrogens with two attached hydrogens (primary N) is 1. The van der Waals surface area contributed by atoms with E-state index in [1.165, 1.54) is 0 Å². The summed E-state index contributed by atoms with van der Waals surface area (Å²) < 4.78 is 5.06. The number of methoxy groups -OCH3 is 1.